The predicted octanol–water partition coefficient (Wildman–Crippen LogP) is 3.55. The molecular weight excluding hydrogens is 348 g/mol. The van der Waals surface area contributed by atoms with E-state index in [4.69, 9.17) is 4.84 Å². The second-order valence-electron chi connectivity index (χ2n) is 5.24. The molecule has 0 saturated carbocycles. The van der Waals surface area contributed by atoms with E-state index in [0.29, 0.717) is 15.9 Å². The van der Waals surface area contributed by atoms with Gasteiger partial charge < -0.3 is 4.84 Å². The van der Waals surface area contributed by atoms with Gasteiger partial charge in [0, 0.05) is 29.7 Å². The van der Waals surface area contributed by atoms with Crippen molar-refractivity contribution in [1.29, 1.82) is 0 Å². The first-order valence-electron chi connectivity index (χ1n) is 7.37. The highest BCUT2D eigenvalue weighted by molar-refractivity contribution is 7.98. The summed E-state index contributed by atoms with van der Waals surface area (Å²) < 4.78 is 28.4. The van der Waals surface area contributed by atoms with Gasteiger partial charge in [0.05, 0.1) is 5.52 Å². The third kappa shape index (κ3) is 3.56. The van der Waals surface area contributed by atoms with Crippen LogP contribution < -0.4 is 10.3 Å². The standard InChI is InChI=1S/C18H13F2NO3S/c1-11(22)24-21-15-8-3-2-6-13(15)16(23)9-17(21)25-10-12-5-4-7-14(19)18(12)20/h2-9H,10H2,1H3. The zero-order valence-electron chi connectivity index (χ0n) is 13.2. The molecule has 0 saturated heterocycles. The average molecular weight is 361 g/mol. The molecule has 1 aromatic heterocycles. The van der Waals surface area contributed by atoms with Gasteiger partial charge in [-0.3, -0.25) is 4.79 Å². The molecular formula is C18H13F2NO3S. The second-order valence-corrected chi connectivity index (χ2v) is 6.24. The number of pyridine rings is 1. The molecule has 128 valence electrons. The lowest BCUT2D eigenvalue weighted by atomic mass is 10.2. The molecule has 0 unspecified atom stereocenters. The van der Waals surface area contributed by atoms with Crippen LogP contribution >= 0.6 is 11.8 Å². The van der Waals surface area contributed by atoms with Crippen molar-refractivity contribution in [2.45, 2.75) is 17.7 Å². The summed E-state index contributed by atoms with van der Waals surface area (Å²) in [6.07, 6.45) is 0. The molecule has 3 aromatic rings. The Hall–Kier alpha value is -2.67. The highest BCUT2D eigenvalue weighted by Gasteiger charge is 2.14. The van der Waals surface area contributed by atoms with Gasteiger partial charge in [0.2, 0.25) is 0 Å². The number of halogens is 2. The van der Waals surface area contributed by atoms with Crippen molar-refractivity contribution >= 4 is 28.6 Å². The van der Waals surface area contributed by atoms with Gasteiger partial charge in [0.1, 0.15) is 5.03 Å². The van der Waals surface area contributed by atoms with Crippen LogP contribution in [0.3, 0.4) is 0 Å². The maximum Gasteiger partial charge on any atom is 0.329 e. The molecule has 0 aliphatic rings. The zero-order valence-corrected chi connectivity index (χ0v) is 14.0. The highest BCUT2D eigenvalue weighted by Crippen LogP contribution is 2.26. The number of benzene rings is 2. The summed E-state index contributed by atoms with van der Waals surface area (Å²) in [6, 6.07) is 11.9. The highest BCUT2D eigenvalue weighted by atomic mass is 32.2. The Morgan fingerprint density at radius 1 is 1.16 bits per heavy atom. The molecule has 0 aliphatic carbocycles. The molecule has 2 aromatic carbocycles. The Morgan fingerprint density at radius 2 is 1.92 bits per heavy atom. The van der Waals surface area contributed by atoms with Crippen LogP contribution in [0.25, 0.3) is 10.9 Å². The zero-order chi connectivity index (χ0) is 18.0. The fourth-order valence-corrected chi connectivity index (χ4v) is 3.33. The van der Waals surface area contributed by atoms with E-state index in [1.54, 1.807) is 24.3 Å². The summed E-state index contributed by atoms with van der Waals surface area (Å²) in [6.45, 7) is 1.24. The molecule has 1 heterocycles. The van der Waals surface area contributed by atoms with Crippen LogP contribution in [-0.2, 0) is 10.5 Å². The summed E-state index contributed by atoms with van der Waals surface area (Å²) in [5, 5.41) is 0.715. The molecule has 0 fully saturated rings. The number of para-hydroxylation sites is 1. The van der Waals surface area contributed by atoms with Crippen molar-refractivity contribution in [3.05, 3.63) is 76.0 Å². The van der Waals surface area contributed by atoms with Crippen molar-refractivity contribution in [1.82, 2.24) is 4.73 Å². The van der Waals surface area contributed by atoms with Crippen molar-refractivity contribution in [3.8, 4) is 0 Å². The lowest BCUT2D eigenvalue weighted by molar-refractivity contribution is -0.141. The Labute approximate surface area is 146 Å². The van der Waals surface area contributed by atoms with Gasteiger partial charge in [-0.15, -0.1) is 0 Å². The summed E-state index contributed by atoms with van der Waals surface area (Å²) in [4.78, 5) is 28.9. The second kappa shape index (κ2) is 7.06. The van der Waals surface area contributed by atoms with Crippen LogP contribution in [0.2, 0.25) is 0 Å². The van der Waals surface area contributed by atoms with E-state index in [1.807, 2.05) is 0 Å². The van der Waals surface area contributed by atoms with Crippen LogP contribution in [0.5, 0.6) is 0 Å². The molecule has 0 spiro atoms. The molecule has 4 nitrogen and oxygen atoms in total. The van der Waals surface area contributed by atoms with Gasteiger partial charge >= 0.3 is 5.97 Å². The number of thioether (sulfide) groups is 1. The van der Waals surface area contributed by atoms with E-state index in [9.17, 15) is 18.4 Å². The summed E-state index contributed by atoms with van der Waals surface area (Å²) in [5.41, 5.74) is 0.327. The van der Waals surface area contributed by atoms with Gasteiger partial charge in [-0.2, -0.15) is 4.73 Å². The largest absolute Gasteiger partial charge is 0.336 e. The maximum absolute atomic E-state index is 13.8. The molecule has 0 atom stereocenters. The van der Waals surface area contributed by atoms with E-state index in [1.165, 1.54) is 29.9 Å². The molecule has 0 aliphatic heterocycles. The molecule has 25 heavy (non-hydrogen) atoms. The monoisotopic (exact) mass is 361 g/mol. The Kier molecular flexibility index (Phi) is 4.85. The van der Waals surface area contributed by atoms with Gasteiger partial charge in [-0.25, -0.2) is 13.6 Å². The quantitative estimate of drug-likeness (QED) is 0.667. The fraction of sp³-hybridized carbons (Fsp3) is 0.111. The Balaban J connectivity index is 2.04. The number of aromatic nitrogens is 1. The first-order chi connectivity index (χ1) is 12.0. The van der Waals surface area contributed by atoms with Gasteiger partial charge in [-0.05, 0) is 18.2 Å². The number of hydrogen-bond acceptors (Lipinski definition) is 4. The van der Waals surface area contributed by atoms with Crippen molar-refractivity contribution in [2.75, 3.05) is 0 Å². The third-order valence-corrected chi connectivity index (χ3v) is 4.50. The van der Waals surface area contributed by atoms with E-state index in [2.05, 4.69) is 0 Å². The number of fused-ring (bicyclic) bond motifs is 1. The van der Waals surface area contributed by atoms with E-state index in [-0.39, 0.29) is 16.7 Å². The number of nitrogens with zero attached hydrogens (tertiary/aromatic N) is 1. The van der Waals surface area contributed by atoms with Gasteiger partial charge in [0.15, 0.2) is 17.1 Å². The number of carbonyl (C=O) groups is 1. The lowest BCUT2D eigenvalue weighted by Crippen LogP contribution is -2.22. The number of carbonyl (C=O) groups excluding carboxylic acids is 1. The first kappa shape index (κ1) is 17.2. The Morgan fingerprint density at radius 3 is 2.68 bits per heavy atom. The van der Waals surface area contributed by atoms with Gasteiger partial charge in [0.25, 0.3) is 0 Å². The van der Waals surface area contributed by atoms with Crippen LogP contribution in [0, 0.1) is 11.6 Å². The fourth-order valence-electron chi connectivity index (χ4n) is 2.36. The van der Waals surface area contributed by atoms with E-state index >= 15 is 0 Å². The van der Waals surface area contributed by atoms with E-state index < -0.39 is 17.6 Å². The number of hydrogen-bond donors (Lipinski definition) is 0. The topological polar surface area (TPSA) is 48.3 Å². The summed E-state index contributed by atoms with van der Waals surface area (Å²) in [7, 11) is 0. The molecule has 7 heteroatoms. The molecule has 3 rings (SSSR count). The van der Waals surface area contributed by atoms with Crippen molar-refractivity contribution in [2.24, 2.45) is 0 Å². The SMILES string of the molecule is CC(=O)On1c(SCc2cccc(F)c2F)cc(=O)c2ccccc21. The third-order valence-electron chi connectivity index (χ3n) is 3.47. The maximum atomic E-state index is 13.8. The molecule has 0 amide bonds. The van der Waals surface area contributed by atoms with Crippen molar-refractivity contribution < 1.29 is 18.4 Å². The molecule has 0 N–H and O–H groups in total. The minimum Gasteiger partial charge on any atom is -0.336 e. The van der Waals surface area contributed by atoms with Crippen LogP contribution in [-0.4, -0.2) is 10.7 Å². The van der Waals surface area contributed by atoms with Crippen LogP contribution in [0.15, 0.2) is 58.4 Å². The smallest absolute Gasteiger partial charge is 0.329 e. The first-order valence-corrected chi connectivity index (χ1v) is 8.35. The molecule has 0 radical (unpaired) electrons. The van der Waals surface area contributed by atoms with Gasteiger partial charge in [-0.1, -0.05) is 36.0 Å². The normalized spacial score (nSPS) is 10.8. The minimum absolute atomic E-state index is 0.0721. The lowest BCUT2D eigenvalue weighted by Gasteiger charge is -2.14. The molecule has 0 bridgehead atoms. The minimum atomic E-state index is -0.936. The number of rotatable bonds is 4. The van der Waals surface area contributed by atoms with E-state index in [0.717, 1.165) is 17.8 Å². The average Bonchev–Trinajstić information content (AvgIpc) is 2.59. The summed E-state index contributed by atoms with van der Waals surface area (Å²) >= 11 is 1.07. The van der Waals surface area contributed by atoms with Crippen molar-refractivity contribution in [3.63, 3.8) is 0 Å². The Bertz CT molecular complexity index is 1020. The predicted molar refractivity (Wildman–Crippen MR) is 91.4 cm³/mol. The summed E-state index contributed by atoms with van der Waals surface area (Å²) in [5.74, 6) is -2.36. The van der Waals surface area contributed by atoms with Crippen LogP contribution in [0.4, 0.5) is 8.78 Å². The van der Waals surface area contributed by atoms with Crippen LogP contribution in [0.1, 0.15) is 12.5 Å².